The average Bonchev–Trinajstić information content (AvgIpc) is 2.14. The van der Waals surface area contributed by atoms with E-state index >= 15 is 0 Å². The molecule has 0 aromatic heterocycles. The highest BCUT2D eigenvalue weighted by atomic mass is 16.2. The molecule has 0 N–H and O–H groups in total. The predicted molar refractivity (Wildman–Crippen MR) is 67.3 cm³/mol. The number of carbonyl (C=O) groups excluding carboxylic acids is 1. The molecule has 0 radical (unpaired) electrons. The number of amides is 1. The van der Waals surface area contributed by atoms with Crippen LogP contribution in [0.3, 0.4) is 0 Å². The maximum Gasteiger partial charge on any atom is 0.226 e. The Labute approximate surface area is 99.8 Å². The Morgan fingerprint density at radius 3 is 2.50 bits per heavy atom. The van der Waals surface area contributed by atoms with Gasteiger partial charge in [0.1, 0.15) is 0 Å². The molecular weight excluding hydrogens is 200 g/mol. The highest BCUT2D eigenvalue weighted by Gasteiger charge is 2.28. The van der Waals surface area contributed by atoms with E-state index in [1.807, 2.05) is 14.1 Å². The molecule has 0 bridgehead atoms. The standard InChI is InChI=1S/C13H26N2O/c1-13(2,3)10-15-8-6-7-11(9-15)12(16)14(4)5/h11H,6-10H2,1-5H3/t11-/m1/s1. The number of rotatable bonds is 2. The van der Waals surface area contributed by atoms with Crippen LogP contribution >= 0.6 is 0 Å². The minimum Gasteiger partial charge on any atom is -0.349 e. The van der Waals surface area contributed by atoms with Crippen LogP contribution in [-0.4, -0.2) is 49.4 Å². The van der Waals surface area contributed by atoms with Gasteiger partial charge in [0.15, 0.2) is 0 Å². The molecule has 1 fully saturated rings. The maximum atomic E-state index is 11.9. The normalized spacial score (nSPS) is 23.2. The number of likely N-dealkylation sites (tertiary alicyclic amines) is 1. The summed E-state index contributed by atoms with van der Waals surface area (Å²) in [4.78, 5) is 16.1. The first-order chi connectivity index (χ1) is 7.29. The van der Waals surface area contributed by atoms with Gasteiger partial charge in [-0.2, -0.15) is 0 Å². The second-order valence-electron chi connectivity index (χ2n) is 6.37. The number of hydrogen-bond donors (Lipinski definition) is 0. The summed E-state index contributed by atoms with van der Waals surface area (Å²) in [6, 6.07) is 0. The largest absolute Gasteiger partial charge is 0.349 e. The van der Waals surface area contributed by atoms with Gasteiger partial charge in [-0.1, -0.05) is 20.8 Å². The van der Waals surface area contributed by atoms with Crippen LogP contribution in [0.5, 0.6) is 0 Å². The molecule has 0 aromatic carbocycles. The number of hydrogen-bond acceptors (Lipinski definition) is 2. The lowest BCUT2D eigenvalue weighted by molar-refractivity contribution is -0.134. The molecule has 16 heavy (non-hydrogen) atoms. The Bertz CT molecular complexity index is 243. The molecule has 1 atom stereocenters. The van der Waals surface area contributed by atoms with Crippen molar-refractivity contribution in [3.8, 4) is 0 Å². The molecule has 1 amide bonds. The predicted octanol–water partition coefficient (Wildman–Crippen LogP) is 1.83. The minimum atomic E-state index is 0.214. The number of carbonyl (C=O) groups is 1. The first-order valence-corrected chi connectivity index (χ1v) is 6.23. The summed E-state index contributed by atoms with van der Waals surface area (Å²) in [5.41, 5.74) is 0.322. The van der Waals surface area contributed by atoms with Gasteiger partial charge in [-0.25, -0.2) is 0 Å². The molecule has 3 heteroatoms. The first kappa shape index (κ1) is 13.5. The van der Waals surface area contributed by atoms with Crippen LogP contribution in [0.4, 0.5) is 0 Å². The number of piperidine rings is 1. The lowest BCUT2D eigenvalue weighted by Gasteiger charge is -2.36. The molecule has 1 heterocycles. The van der Waals surface area contributed by atoms with E-state index in [-0.39, 0.29) is 5.92 Å². The zero-order valence-electron chi connectivity index (χ0n) is 11.4. The zero-order valence-corrected chi connectivity index (χ0v) is 11.4. The summed E-state index contributed by atoms with van der Waals surface area (Å²) in [7, 11) is 3.70. The molecule has 0 saturated carbocycles. The van der Waals surface area contributed by atoms with E-state index in [2.05, 4.69) is 25.7 Å². The molecule has 0 unspecified atom stereocenters. The summed E-state index contributed by atoms with van der Waals surface area (Å²) in [6.07, 6.45) is 2.21. The van der Waals surface area contributed by atoms with E-state index in [1.54, 1.807) is 4.90 Å². The van der Waals surface area contributed by atoms with Crippen LogP contribution in [-0.2, 0) is 4.79 Å². The van der Waals surface area contributed by atoms with Crippen LogP contribution in [0, 0.1) is 11.3 Å². The van der Waals surface area contributed by atoms with Crippen LogP contribution in [0.25, 0.3) is 0 Å². The van der Waals surface area contributed by atoms with E-state index < -0.39 is 0 Å². The molecule has 0 aromatic rings. The lowest BCUT2D eigenvalue weighted by atomic mass is 9.91. The van der Waals surface area contributed by atoms with Gasteiger partial charge in [0.25, 0.3) is 0 Å². The van der Waals surface area contributed by atoms with Gasteiger partial charge in [-0.15, -0.1) is 0 Å². The van der Waals surface area contributed by atoms with Crippen LogP contribution in [0.1, 0.15) is 33.6 Å². The smallest absolute Gasteiger partial charge is 0.226 e. The first-order valence-electron chi connectivity index (χ1n) is 6.23. The topological polar surface area (TPSA) is 23.6 Å². The van der Waals surface area contributed by atoms with Crippen molar-refractivity contribution in [3.63, 3.8) is 0 Å². The van der Waals surface area contributed by atoms with Gasteiger partial charge < -0.3 is 9.80 Å². The third kappa shape index (κ3) is 4.12. The van der Waals surface area contributed by atoms with Crippen LogP contribution in [0.2, 0.25) is 0 Å². The third-order valence-corrected chi connectivity index (χ3v) is 2.99. The Hall–Kier alpha value is -0.570. The Morgan fingerprint density at radius 2 is 2.00 bits per heavy atom. The molecule has 0 spiro atoms. The Kier molecular flexibility index (Phi) is 4.36. The quantitative estimate of drug-likeness (QED) is 0.717. The summed E-state index contributed by atoms with van der Waals surface area (Å²) in [6.45, 7) is 9.94. The van der Waals surface area contributed by atoms with Crippen molar-refractivity contribution in [3.05, 3.63) is 0 Å². The number of nitrogens with zero attached hydrogens (tertiary/aromatic N) is 2. The molecular formula is C13H26N2O. The van der Waals surface area contributed by atoms with Gasteiger partial charge in [-0.05, 0) is 24.8 Å². The van der Waals surface area contributed by atoms with E-state index in [9.17, 15) is 4.79 Å². The van der Waals surface area contributed by atoms with Crippen molar-refractivity contribution in [2.24, 2.45) is 11.3 Å². The van der Waals surface area contributed by atoms with Crippen molar-refractivity contribution in [2.75, 3.05) is 33.7 Å². The fourth-order valence-electron chi connectivity index (χ4n) is 2.44. The van der Waals surface area contributed by atoms with Crippen molar-refractivity contribution < 1.29 is 4.79 Å². The fraction of sp³-hybridized carbons (Fsp3) is 0.923. The van der Waals surface area contributed by atoms with Crippen molar-refractivity contribution >= 4 is 5.91 Å². The summed E-state index contributed by atoms with van der Waals surface area (Å²) >= 11 is 0. The molecule has 0 aliphatic carbocycles. The molecule has 3 nitrogen and oxygen atoms in total. The minimum absolute atomic E-state index is 0.214. The van der Waals surface area contributed by atoms with Crippen LogP contribution in [0.15, 0.2) is 0 Å². The van der Waals surface area contributed by atoms with E-state index in [4.69, 9.17) is 0 Å². The second-order valence-corrected chi connectivity index (χ2v) is 6.37. The lowest BCUT2D eigenvalue weighted by Crippen LogP contribution is -2.45. The second kappa shape index (κ2) is 5.17. The SMILES string of the molecule is CN(C)C(=O)[C@@H]1CCCN(CC(C)(C)C)C1. The molecule has 1 aliphatic heterocycles. The maximum absolute atomic E-state index is 11.9. The summed E-state index contributed by atoms with van der Waals surface area (Å²) < 4.78 is 0. The van der Waals surface area contributed by atoms with Gasteiger partial charge in [0.05, 0.1) is 5.92 Å². The highest BCUT2D eigenvalue weighted by Crippen LogP contribution is 2.22. The van der Waals surface area contributed by atoms with Gasteiger partial charge >= 0.3 is 0 Å². The van der Waals surface area contributed by atoms with E-state index in [0.29, 0.717) is 11.3 Å². The van der Waals surface area contributed by atoms with Crippen LogP contribution < -0.4 is 0 Å². The molecule has 94 valence electrons. The van der Waals surface area contributed by atoms with Crippen molar-refractivity contribution in [1.29, 1.82) is 0 Å². The highest BCUT2D eigenvalue weighted by molar-refractivity contribution is 5.78. The van der Waals surface area contributed by atoms with E-state index in [1.165, 1.54) is 0 Å². The fourth-order valence-corrected chi connectivity index (χ4v) is 2.44. The summed E-state index contributed by atoms with van der Waals surface area (Å²) in [5, 5.41) is 0. The Morgan fingerprint density at radius 1 is 1.38 bits per heavy atom. The third-order valence-electron chi connectivity index (χ3n) is 2.99. The van der Waals surface area contributed by atoms with Gasteiger partial charge in [0.2, 0.25) is 5.91 Å². The molecule has 1 saturated heterocycles. The molecule has 1 rings (SSSR count). The monoisotopic (exact) mass is 226 g/mol. The van der Waals surface area contributed by atoms with Crippen molar-refractivity contribution in [1.82, 2.24) is 9.80 Å². The van der Waals surface area contributed by atoms with Gasteiger partial charge in [-0.3, -0.25) is 4.79 Å². The molecule has 1 aliphatic rings. The van der Waals surface area contributed by atoms with E-state index in [0.717, 1.165) is 32.5 Å². The summed E-state index contributed by atoms with van der Waals surface area (Å²) in [5.74, 6) is 0.504. The van der Waals surface area contributed by atoms with Gasteiger partial charge in [0, 0.05) is 27.2 Å². The van der Waals surface area contributed by atoms with Crippen molar-refractivity contribution in [2.45, 2.75) is 33.6 Å². The Balaban J connectivity index is 2.50. The zero-order chi connectivity index (χ0) is 12.3. The average molecular weight is 226 g/mol.